The van der Waals surface area contributed by atoms with Gasteiger partial charge in [0, 0.05) is 18.5 Å². The number of ether oxygens (including phenoxy) is 1. The molecule has 4 N–H and O–H groups in total. The number of nitrogens with two attached hydrogens (primary N) is 1. The van der Waals surface area contributed by atoms with Crippen molar-refractivity contribution in [2.45, 2.75) is 76.7 Å². The standard InChI is InChI=1S/C28H35F3N8O3/c1-28(2,3)42-27(41)38-12-11-20(19(31)14-38)34-25-33-13-21-24(37-25)39(16-9-7-15(8-10-16)23(32)40)26(35-21)36-22-17(29)5-4-6-18(22)30/h4-6,13,15-16,19-20H,7-12,14H2,1-3H3,(H2,32,40)(H,35,36)(H,33,34,37)/t15?,16?,19?,20-/m0/s1. The summed E-state index contributed by atoms with van der Waals surface area (Å²) < 4.78 is 51.4. The molecule has 14 heteroatoms. The highest BCUT2D eigenvalue weighted by Gasteiger charge is 2.35. The third-order valence-corrected chi connectivity index (χ3v) is 7.60. The summed E-state index contributed by atoms with van der Waals surface area (Å²) in [5, 5.41) is 5.82. The fourth-order valence-electron chi connectivity index (χ4n) is 5.47. The minimum absolute atomic E-state index is 0.141. The molecule has 2 fully saturated rings. The van der Waals surface area contributed by atoms with E-state index in [9.17, 15) is 18.4 Å². The van der Waals surface area contributed by atoms with Gasteiger partial charge in [-0.25, -0.2) is 27.9 Å². The number of para-hydroxylation sites is 1. The number of anilines is 3. The zero-order valence-electron chi connectivity index (χ0n) is 23.7. The van der Waals surface area contributed by atoms with Gasteiger partial charge in [0.15, 0.2) is 5.65 Å². The second-order valence-electron chi connectivity index (χ2n) is 11.8. The SMILES string of the molecule is CC(C)(C)OC(=O)N1CC[C@H](Nc2ncc3nc(Nc4c(F)cccc4F)n(C4CCC(C(N)=O)CC4)c3n2)C(F)C1. The van der Waals surface area contributed by atoms with Crippen LogP contribution in [0.4, 0.5) is 35.5 Å². The number of carbonyl (C=O) groups excluding carboxylic acids is 2. The van der Waals surface area contributed by atoms with Crippen molar-refractivity contribution in [3.05, 3.63) is 36.0 Å². The molecule has 3 aromatic rings. The number of carbonyl (C=O) groups is 2. The minimum Gasteiger partial charge on any atom is -0.444 e. The molecule has 5 rings (SSSR count). The Kier molecular flexibility index (Phi) is 8.15. The Morgan fingerprint density at radius 2 is 1.76 bits per heavy atom. The van der Waals surface area contributed by atoms with Crippen molar-refractivity contribution in [2.75, 3.05) is 23.7 Å². The second-order valence-corrected chi connectivity index (χ2v) is 11.8. The lowest BCUT2D eigenvalue weighted by Gasteiger charge is -2.35. The Balaban J connectivity index is 1.40. The quantitative estimate of drug-likeness (QED) is 0.372. The van der Waals surface area contributed by atoms with Crippen LogP contribution >= 0.6 is 0 Å². The molecule has 1 saturated carbocycles. The number of amides is 2. The number of aromatic nitrogens is 4. The van der Waals surface area contributed by atoms with Crippen molar-refractivity contribution in [3.8, 4) is 0 Å². The highest BCUT2D eigenvalue weighted by molar-refractivity contribution is 5.78. The summed E-state index contributed by atoms with van der Waals surface area (Å²) in [4.78, 5) is 38.9. The van der Waals surface area contributed by atoms with Gasteiger partial charge >= 0.3 is 6.09 Å². The van der Waals surface area contributed by atoms with Crippen LogP contribution in [0.1, 0.15) is 58.9 Å². The first kappa shape index (κ1) is 29.4. The van der Waals surface area contributed by atoms with Crippen molar-refractivity contribution >= 4 is 40.7 Å². The Morgan fingerprint density at radius 3 is 2.38 bits per heavy atom. The molecular formula is C28H35F3N8O3. The normalized spacial score (nSPS) is 23.0. The summed E-state index contributed by atoms with van der Waals surface area (Å²) in [5.74, 6) is -1.87. The van der Waals surface area contributed by atoms with E-state index in [-0.39, 0.29) is 42.0 Å². The van der Waals surface area contributed by atoms with Crippen LogP contribution in [0.15, 0.2) is 24.4 Å². The highest BCUT2D eigenvalue weighted by Crippen LogP contribution is 2.37. The molecule has 1 unspecified atom stereocenters. The molecule has 1 aromatic carbocycles. The van der Waals surface area contributed by atoms with E-state index in [4.69, 9.17) is 10.5 Å². The lowest BCUT2D eigenvalue weighted by molar-refractivity contribution is -0.122. The van der Waals surface area contributed by atoms with Crippen molar-refractivity contribution < 1.29 is 27.5 Å². The van der Waals surface area contributed by atoms with Crippen molar-refractivity contribution in [3.63, 3.8) is 0 Å². The zero-order valence-corrected chi connectivity index (χ0v) is 23.7. The second kappa shape index (κ2) is 11.6. The number of halogens is 3. The smallest absolute Gasteiger partial charge is 0.410 e. The molecule has 0 radical (unpaired) electrons. The molecular weight excluding hydrogens is 553 g/mol. The average molecular weight is 589 g/mol. The third-order valence-electron chi connectivity index (χ3n) is 7.60. The predicted octanol–water partition coefficient (Wildman–Crippen LogP) is 4.82. The maximum atomic E-state index is 15.2. The van der Waals surface area contributed by atoms with Crippen LogP contribution in [0.3, 0.4) is 0 Å². The molecule has 2 aliphatic rings. The number of piperidine rings is 1. The van der Waals surface area contributed by atoms with Crippen LogP contribution in [0.2, 0.25) is 0 Å². The van der Waals surface area contributed by atoms with E-state index in [0.29, 0.717) is 49.8 Å². The lowest BCUT2D eigenvalue weighted by atomic mass is 9.85. The van der Waals surface area contributed by atoms with Crippen LogP contribution in [0.25, 0.3) is 11.2 Å². The largest absolute Gasteiger partial charge is 0.444 e. The molecule has 1 saturated heterocycles. The molecule has 1 aliphatic heterocycles. The van der Waals surface area contributed by atoms with Gasteiger partial charge in [0.25, 0.3) is 0 Å². The highest BCUT2D eigenvalue weighted by atomic mass is 19.1. The molecule has 2 aromatic heterocycles. The molecule has 0 bridgehead atoms. The summed E-state index contributed by atoms with van der Waals surface area (Å²) in [6.07, 6.45) is 2.01. The van der Waals surface area contributed by atoms with Crippen LogP contribution < -0.4 is 16.4 Å². The Labute approximate surface area is 241 Å². The summed E-state index contributed by atoms with van der Waals surface area (Å²) >= 11 is 0. The third kappa shape index (κ3) is 6.36. The number of nitrogens with zero attached hydrogens (tertiary/aromatic N) is 5. The van der Waals surface area contributed by atoms with Crippen LogP contribution in [-0.4, -0.2) is 67.3 Å². The van der Waals surface area contributed by atoms with Gasteiger partial charge in [0.1, 0.15) is 34.6 Å². The molecule has 2 amide bonds. The molecule has 226 valence electrons. The number of imidazole rings is 1. The maximum absolute atomic E-state index is 15.2. The van der Waals surface area contributed by atoms with E-state index in [1.165, 1.54) is 17.2 Å². The average Bonchev–Trinajstić information content (AvgIpc) is 3.28. The van der Waals surface area contributed by atoms with E-state index in [1.54, 1.807) is 25.3 Å². The first-order valence-corrected chi connectivity index (χ1v) is 14.0. The van der Waals surface area contributed by atoms with Crippen molar-refractivity contribution in [1.82, 2.24) is 24.4 Å². The molecule has 3 heterocycles. The summed E-state index contributed by atoms with van der Waals surface area (Å²) in [6.45, 7) is 5.40. The van der Waals surface area contributed by atoms with Gasteiger partial charge in [-0.05, 0) is 65.0 Å². The summed E-state index contributed by atoms with van der Waals surface area (Å²) in [5.41, 5.74) is 5.23. The molecule has 11 nitrogen and oxygen atoms in total. The topological polar surface area (TPSA) is 140 Å². The summed E-state index contributed by atoms with van der Waals surface area (Å²) in [7, 11) is 0. The fourth-order valence-corrected chi connectivity index (χ4v) is 5.47. The van der Waals surface area contributed by atoms with Gasteiger partial charge in [-0.15, -0.1) is 0 Å². The molecule has 1 aliphatic carbocycles. The molecule has 42 heavy (non-hydrogen) atoms. The maximum Gasteiger partial charge on any atom is 0.410 e. The molecule has 0 spiro atoms. The minimum atomic E-state index is -1.40. The Morgan fingerprint density at radius 1 is 1.07 bits per heavy atom. The lowest BCUT2D eigenvalue weighted by Crippen LogP contribution is -2.51. The van der Waals surface area contributed by atoms with Crippen molar-refractivity contribution in [1.29, 1.82) is 0 Å². The predicted molar refractivity (Wildman–Crippen MR) is 150 cm³/mol. The summed E-state index contributed by atoms with van der Waals surface area (Å²) in [6, 6.07) is 2.69. The fraction of sp³-hybridized carbons (Fsp3) is 0.536. The monoisotopic (exact) mass is 588 g/mol. The number of fused-ring (bicyclic) bond motifs is 1. The van der Waals surface area contributed by atoms with Gasteiger partial charge in [-0.2, -0.15) is 4.98 Å². The van der Waals surface area contributed by atoms with Gasteiger partial charge < -0.3 is 26.0 Å². The number of primary amides is 1. The number of nitrogens with one attached hydrogen (secondary N) is 2. The number of hydrogen-bond acceptors (Lipinski definition) is 8. The number of rotatable bonds is 6. The van der Waals surface area contributed by atoms with Crippen LogP contribution in [-0.2, 0) is 9.53 Å². The van der Waals surface area contributed by atoms with E-state index >= 15 is 4.39 Å². The van der Waals surface area contributed by atoms with E-state index in [0.717, 1.165) is 12.1 Å². The zero-order chi connectivity index (χ0) is 30.2. The van der Waals surface area contributed by atoms with E-state index < -0.39 is 35.5 Å². The van der Waals surface area contributed by atoms with Crippen molar-refractivity contribution in [2.24, 2.45) is 11.7 Å². The Hall–Kier alpha value is -4.10. The number of benzene rings is 1. The van der Waals surface area contributed by atoms with Gasteiger partial charge in [-0.1, -0.05) is 6.07 Å². The van der Waals surface area contributed by atoms with Crippen LogP contribution in [0.5, 0.6) is 0 Å². The Bertz CT molecular complexity index is 1450. The number of alkyl halides is 1. The van der Waals surface area contributed by atoms with Gasteiger partial charge in [0.2, 0.25) is 17.8 Å². The van der Waals surface area contributed by atoms with E-state index in [1.807, 2.05) is 0 Å². The van der Waals surface area contributed by atoms with Crippen LogP contribution in [0, 0.1) is 17.6 Å². The first-order chi connectivity index (χ1) is 19.9. The molecule has 2 atom stereocenters. The number of likely N-dealkylation sites (tertiary alicyclic amines) is 1. The van der Waals surface area contributed by atoms with Gasteiger partial charge in [0.05, 0.1) is 18.8 Å². The van der Waals surface area contributed by atoms with Gasteiger partial charge in [-0.3, -0.25) is 9.36 Å². The number of hydrogen-bond donors (Lipinski definition) is 3. The first-order valence-electron chi connectivity index (χ1n) is 14.0. The van der Waals surface area contributed by atoms with E-state index in [2.05, 4.69) is 25.6 Å².